The van der Waals surface area contributed by atoms with Crippen LogP contribution in [0, 0.1) is 5.82 Å². The predicted molar refractivity (Wildman–Crippen MR) is 95.1 cm³/mol. The lowest BCUT2D eigenvalue weighted by molar-refractivity contribution is -0.0225. The van der Waals surface area contributed by atoms with Gasteiger partial charge in [0.2, 0.25) is 0 Å². The first kappa shape index (κ1) is 18.5. The zero-order valence-corrected chi connectivity index (χ0v) is 14.6. The Balaban J connectivity index is 1.45. The number of benzene rings is 1. The van der Waals surface area contributed by atoms with Crippen molar-refractivity contribution in [2.24, 2.45) is 0 Å². The van der Waals surface area contributed by atoms with E-state index in [2.05, 4.69) is 15.5 Å². The van der Waals surface area contributed by atoms with Gasteiger partial charge in [0.05, 0.1) is 24.5 Å². The van der Waals surface area contributed by atoms with E-state index in [9.17, 15) is 14.3 Å². The number of rotatable bonds is 7. The number of nitrogens with one attached hydrogen (secondary N) is 2. The lowest BCUT2D eigenvalue weighted by atomic mass is 9.98. The summed E-state index contributed by atoms with van der Waals surface area (Å²) in [5.41, 5.74) is 1.55. The zero-order chi connectivity index (χ0) is 18.4. The second-order valence-corrected chi connectivity index (χ2v) is 6.63. The molecule has 3 rings (SSSR count). The summed E-state index contributed by atoms with van der Waals surface area (Å²) in [4.78, 5) is 12.2. The van der Waals surface area contributed by atoms with E-state index in [4.69, 9.17) is 4.74 Å². The highest BCUT2D eigenvalue weighted by molar-refractivity contribution is 5.93. The van der Waals surface area contributed by atoms with Crippen LogP contribution in [-0.2, 0) is 4.74 Å². The number of amides is 1. The van der Waals surface area contributed by atoms with E-state index >= 15 is 0 Å². The molecule has 0 saturated heterocycles. The first-order valence-corrected chi connectivity index (χ1v) is 9.01. The topological polar surface area (TPSA) is 87.2 Å². The normalized spacial score (nSPS) is 16.4. The molecular formula is C19H24FN3O3. The molecule has 0 radical (unpaired) electrons. The van der Waals surface area contributed by atoms with Crippen LogP contribution in [0.1, 0.15) is 42.6 Å². The Bertz CT molecular complexity index is 711. The van der Waals surface area contributed by atoms with Crippen molar-refractivity contribution in [1.29, 1.82) is 0 Å². The van der Waals surface area contributed by atoms with Crippen LogP contribution in [0.25, 0.3) is 11.3 Å². The minimum absolute atomic E-state index is 0.108. The van der Waals surface area contributed by atoms with E-state index in [1.54, 1.807) is 18.2 Å². The number of aliphatic hydroxyl groups is 1. The standard InChI is InChI=1S/C19H24FN3O3/c20-14-8-6-13(7-9-14)17-10-18(23-22-17)19(25)21-11-15(24)12-26-16-4-2-1-3-5-16/h6-10,15-16,24H,1-5,11-12H2,(H,21,25)(H,22,23). The Hall–Kier alpha value is -2.25. The Kier molecular flexibility index (Phi) is 6.35. The van der Waals surface area contributed by atoms with Gasteiger partial charge in [0, 0.05) is 12.1 Å². The molecular weight excluding hydrogens is 337 g/mol. The van der Waals surface area contributed by atoms with E-state index in [0.29, 0.717) is 11.3 Å². The average molecular weight is 361 g/mol. The molecule has 1 amide bonds. The van der Waals surface area contributed by atoms with Crippen LogP contribution in [0.4, 0.5) is 4.39 Å². The van der Waals surface area contributed by atoms with Crippen LogP contribution < -0.4 is 5.32 Å². The van der Waals surface area contributed by atoms with Crippen molar-refractivity contribution in [3.05, 3.63) is 41.8 Å². The zero-order valence-electron chi connectivity index (χ0n) is 14.6. The molecule has 7 heteroatoms. The molecule has 1 atom stereocenters. The van der Waals surface area contributed by atoms with Crippen molar-refractivity contribution in [2.75, 3.05) is 13.2 Å². The third kappa shape index (κ3) is 5.12. The Morgan fingerprint density at radius 2 is 2.04 bits per heavy atom. The fourth-order valence-electron chi connectivity index (χ4n) is 3.05. The number of hydrogen-bond acceptors (Lipinski definition) is 4. The molecule has 1 fully saturated rings. The molecule has 1 heterocycles. The monoisotopic (exact) mass is 361 g/mol. The van der Waals surface area contributed by atoms with Crippen molar-refractivity contribution < 1.29 is 19.0 Å². The smallest absolute Gasteiger partial charge is 0.269 e. The molecule has 1 unspecified atom stereocenters. The molecule has 0 bridgehead atoms. The highest BCUT2D eigenvalue weighted by Gasteiger charge is 2.17. The van der Waals surface area contributed by atoms with Crippen molar-refractivity contribution in [1.82, 2.24) is 15.5 Å². The summed E-state index contributed by atoms with van der Waals surface area (Å²) in [6.07, 6.45) is 5.16. The van der Waals surface area contributed by atoms with Gasteiger partial charge in [-0.2, -0.15) is 5.10 Å². The van der Waals surface area contributed by atoms with E-state index in [0.717, 1.165) is 12.8 Å². The van der Waals surface area contributed by atoms with Gasteiger partial charge >= 0.3 is 0 Å². The van der Waals surface area contributed by atoms with Crippen LogP contribution in [0.3, 0.4) is 0 Å². The predicted octanol–water partition coefficient (Wildman–Crippen LogP) is 2.66. The van der Waals surface area contributed by atoms with Crippen LogP contribution in [0.15, 0.2) is 30.3 Å². The first-order chi connectivity index (χ1) is 12.6. The molecule has 1 saturated carbocycles. The summed E-state index contributed by atoms with van der Waals surface area (Å²) in [6.45, 7) is 0.325. The quantitative estimate of drug-likeness (QED) is 0.708. The summed E-state index contributed by atoms with van der Waals surface area (Å²) in [6, 6.07) is 7.46. The van der Waals surface area contributed by atoms with Gasteiger partial charge in [-0.3, -0.25) is 9.89 Å². The fourth-order valence-corrected chi connectivity index (χ4v) is 3.05. The van der Waals surface area contributed by atoms with Gasteiger partial charge in [0.25, 0.3) is 5.91 Å². The molecule has 26 heavy (non-hydrogen) atoms. The van der Waals surface area contributed by atoms with Gasteiger partial charge in [0.1, 0.15) is 11.5 Å². The number of aliphatic hydroxyl groups excluding tert-OH is 1. The number of carbonyl (C=O) groups is 1. The van der Waals surface area contributed by atoms with Crippen LogP contribution in [0.2, 0.25) is 0 Å². The Labute approximate surface area is 151 Å². The summed E-state index contributed by atoms with van der Waals surface area (Å²) in [5, 5.41) is 19.4. The maximum Gasteiger partial charge on any atom is 0.269 e. The van der Waals surface area contributed by atoms with Crippen molar-refractivity contribution in [2.45, 2.75) is 44.3 Å². The Morgan fingerprint density at radius 3 is 2.77 bits per heavy atom. The van der Waals surface area contributed by atoms with Crippen molar-refractivity contribution in [3.63, 3.8) is 0 Å². The van der Waals surface area contributed by atoms with E-state index < -0.39 is 6.10 Å². The van der Waals surface area contributed by atoms with E-state index in [1.807, 2.05) is 0 Å². The lowest BCUT2D eigenvalue weighted by Crippen LogP contribution is -2.36. The molecule has 6 nitrogen and oxygen atoms in total. The molecule has 0 aliphatic heterocycles. The second kappa shape index (κ2) is 8.91. The lowest BCUT2D eigenvalue weighted by Gasteiger charge is -2.23. The van der Waals surface area contributed by atoms with Crippen molar-refractivity contribution >= 4 is 5.91 Å². The number of H-pyrrole nitrogens is 1. The summed E-state index contributed by atoms with van der Waals surface area (Å²) in [5.74, 6) is -0.686. The van der Waals surface area contributed by atoms with Gasteiger partial charge in [-0.1, -0.05) is 19.3 Å². The van der Waals surface area contributed by atoms with Gasteiger partial charge in [-0.25, -0.2) is 4.39 Å². The molecule has 1 aliphatic carbocycles. The maximum absolute atomic E-state index is 13.0. The third-order valence-corrected chi connectivity index (χ3v) is 4.54. The number of carbonyl (C=O) groups excluding carboxylic acids is 1. The van der Waals surface area contributed by atoms with E-state index in [1.165, 1.54) is 31.4 Å². The SMILES string of the molecule is O=C(NCC(O)COC1CCCCC1)c1cc(-c2ccc(F)cc2)n[nH]1. The van der Waals surface area contributed by atoms with Crippen LogP contribution in [0.5, 0.6) is 0 Å². The molecule has 140 valence electrons. The fraction of sp³-hybridized carbons (Fsp3) is 0.474. The molecule has 2 aromatic rings. The van der Waals surface area contributed by atoms with Crippen molar-refractivity contribution in [3.8, 4) is 11.3 Å². The maximum atomic E-state index is 13.0. The van der Waals surface area contributed by atoms with Crippen LogP contribution >= 0.6 is 0 Å². The molecule has 1 aromatic heterocycles. The number of aromatic nitrogens is 2. The molecule has 1 aliphatic rings. The summed E-state index contributed by atoms with van der Waals surface area (Å²) >= 11 is 0. The van der Waals surface area contributed by atoms with E-state index in [-0.39, 0.29) is 36.7 Å². The first-order valence-electron chi connectivity index (χ1n) is 9.01. The molecule has 0 spiro atoms. The average Bonchev–Trinajstić information content (AvgIpc) is 3.16. The minimum Gasteiger partial charge on any atom is -0.389 e. The number of nitrogens with zero attached hydrogens (tertiary/aromatic N) is 1. The van der Waals surface area contributed by atoms with Gasteiger partial charge in [-0.05, 0) is 43.2 Å². The number of halogens is 1. The highest BCUT2D eigenvalue weighted by Crippen LogP contribution is 2.20. The molecule has 1 aromatic carbocycles. The molecule has 3 N–H and O–H groups in total. The minimum atomic E-state index is -0.750. The Morgan fingerprint density at radius 1 is 1.31 bits per heavy atom. The van der Waals surface area contributed by atoms with Gasteiger partial charge < -0.3 is 15.2 Å². The number of ether oxygens (including phenoxy) is 1. The van der Waals surface area contributed by atoms with Gasteiger partial charge in [-0.15, -0.1) is 0 Å². The largest absolute Gasteiger partial charge is 0.389 e. The number of aromatic amines is 1. The third-order valence-electron chi connectivity index (χ3n) is 4.54. The van der Waals surface area contributed by atoms with Crippen LogP contribution in [-0.4, -0.2) is 46.6 Å². The summed E-state index contributed by atoms with van der Waals surface area (Å²) in [7, 11) is 0. The second-order valence-electron chi connectivity index (χ2n) is 6.63. The highest BCUT2D eigenvalue weighted by atomic mass is 19.1. The van der Waals surface area contributed by atoms with Gasteiger partial charge in [0.15, 0.2) is 0 Å². The summed E-state index contributed by atoms with van der Waals surface area (Å²) < 4.78 is 18.7. The number of hydrogen-bond donors (Lipinski definition) is 3.